The Hall–Kier alpha value is -3.94. The van der Waals surface area contributed by atoms with E-state index in [1.165, 1.54) is 6.07 Å². The smallest absolute Gasteiger partial charge is 0.244 e. The van der Waals surface area contributed by atoms with Gasteiger partial charge >= 0.3 is 0 Å². The summed E-state index contributed by atoms with van der Waals surface area (Å²) in [6.07, 6.45) is 0.126. The molecule has 1 saturated heterocycles. The van der Waals surface area contributed by atoms with Crippen molar-refractivity contribution in [1.29, 1.82) is 0 Å². The Bertz CT molecular complexity index is 1500. The summed E-state index contributed by atoms with van der Waals surface area (Å²) < 4.78 is 15.5. The number of anilines is 1. The highest BCUT2D eigenvalue weighted by Crippen LogP contribution is 2.29. The van der Waals surface area contributed by atoms with Crippen LogP contribution in [0.1, 0.15) is 41.4 Å². The zero-order valence-corrected chi connectivity index (χ0v) is 25.9. The van der Waals surface area contributed by atoms with E-state index in [2.05, 4.69) is 4.90 Å². The first kappa shape index (κ1) is 32.0. The second-order valence-corrected chi connectivity index (χ2v) is 10.6. The minimum Gasteiger partial charge on any atom is -0.367 e. The van der Waals surface area contributed by atoms with Gasteiger partial charge in [-0.15, -0.1) is 0 Å². The summed E-state index contributed by atoms with van der Waals surface area (Å²) in [5, 5.41) is 0. The van der Waals surface area contributed by atoms with Crippen LogP contribution in [0, 0.1) is 5.82 Å². The number of carbonyl (C=O) groups excluding carboxylic acids is 2. The lowest BCUT2D eigenvalue weighted by atomic mass is 9.94. The first-order chi connectivity index (χ1) is 20.5. The number of ketones is 1. The third-order valence-electron chi connectivity index (χ3n) is 8.13. The molecule has 0 aromatic heterocycles. The largest absolute Gasteiger partial charge is 0.367 e. The summed E-state index contributed by atoms with van der Waals surface area (Å²) in [7, 11) is 0. The van der Waals surface area contributed by atoms with Crippen LogP contribution in [0.2, 0.25) is 0 Å². The molecule has 224 valence electrons. The number of Topliss-reactive ketones (excluding diaryl/α,β-unsaturated/α-hetero) is 1. The highest BCUT2D eigenvalue weighted by Gasteiger charge is 2.33. The van der Waals surface area contributed by atoms with Crippen LogP contribution in [-0.2, 0) is 11.2 Å². The number of rotatable bonds is 10. The monoisotopic (exact) mass is 597 g/mol. The van der Waals surface area contributed by atoms with Crippen LogP contribution in [0.25, 0.3) is 11.1 Å². The van der Waals surface area contributed by atoms with Gasteiger partial charge < -0.3 is 9.80 Å². The van der Waals surface area contributed by atoms with Crippen molar-refractivity contribution in [2.45, 2.75) is 26.3 Å². The van der Waals surface area contributed by atoms with E-state index in [4.69, 9.17) is 0 Å². The van der Waals surface area contributed by atoms with Gasteiger partial charge in [-0.1, -0.05) is 91.0 Å². The standard InChI is InChI=1S/C36H38FN3O2.H2S/c1-3-38(4-2)36(42)35(29-15-9-6-10-16-29)40-23-21-39(22-24-40)33-20-19-27(25-32(33)37)26-34(41)31-18-12-11-17-30(31)28-13-7-5-8-14-28;/h5-20,25,35H,3-4,21-24,26H2,1-2H3;1H2/t35-;/m0./s1. The van der Waals surface area contributed by atoms with E-state index in [0.717, 1.165) is 16.7 Å². The molecule has 0 N–H and O–H groups in total. The Morgan fingerprint density at radius 3 is 2.02 bits per heavy atom. The lowest BCUT2D eigenvalue weighted by molar-refractivity contribution is -0.137. The minimum absolute atomic E-state index is 0. The van der Waals surface area contributed by atoms with Crippen molar-refractivity contribution in [3.8, 4) is 11.1 Å². The number of halogens is 1. The Balaban J connectivity index is 0.00000423. The topological polar surface area (TPSA) is 43.9 Å². The Kier molecular flexibility index (Phi) is 11.1. The van der Waals surface area contributed by atoms with Crippen molar-refractivity contribution in [2.24, 2.45) is 0 Å². The number of amides is 1. The number of hydrogen-bond acceptors (Lipinski definition) is 4. The molecule has 4 aromatic rings. The normalized spacial score (nSPS) is 14.1. The maximum atomic E-state index is 15.5. The van der Waals surface area contributed by atoms with Crippen LogP contribution in [-0.4, -0.2) is 60.8 Å². The van der Waals surface area contributed by atoms with Crippen molar-refractivity contribution in [1.82, 2.24) is 9.80 Å². The van der Waals surface area contributed by atoms with Crippen LogP contribution in [0.15, 0.2) is 103 Å². The molecule has 1 aliphatic rings. The number of hydrogen-bond donors (Lipinski definition) is 0. The molecule has 1 amide bonds. The molecule has 7 heteroatoms. The fourth-order valence-corrected chi connectivity index (χ4v) is 5.87. The molecule has 1 heterocycles. The third kappa shape index (κ3) is 7.35. The summed E-state index contributed by atoms with van der Waals surface area (Å²) in [6.45, 7) is 7.83. The van der Waals surface area contributed by atoms with Gasteiger partial charge in [-0.2, -0.15) is 13.5 Å². The van der Waals surface area contributed by atoms with Gasteiger partial charge in [0, 0.05) is 51.3 Å². The van der Waals surface area contributed by atoms with Crippen molar-refractivity contribution < 1.29 is 14.0 Å². The lowest BCUT2D eigenvalue weighted by Gasteiger charge is -2.41. The molecule has 5 nitrogen and oxygen atoms in total. The van der Waals surface area contributed by atoms with Crippen molar-refractivity contribution in [3.63, 3.8) is 0 Å². The second kappa shape index (κ2) is 15.0. The van der Waals surface area contributed by atoms with Gasteiger partial charge in [-0.3, -0.25) is 14.5 Å². The van der Waals surface area contributed by atoms with Gasteiger partial charge in [-0.25, -0.2) is 4.39 Å². The quantitative estimate of drug-likeness (QED) is 0.190. The zero-order chi connectivity index (χ0) is 29.5. The molecule has 0 bridgehead atoms. The van der Waals surface area contributed by atoms with Crippen LogP contribution >= 0.6 is 13.5 Å². The molecule has 4 aromatic carbocycles. The Morgan fingerprint density at radius 2 is 1.40 bits per heavy atom. The van der Waals surface area contributed by atoms with E-state index in [0.29, 0.717) is 56.1 Å². The van der Waals surface area contributed by atoms with E-state index >= 15 is 4.39 Å². The van der Waals surface area contributed by atoms with Gasteiger partial charge in [0.15, 0.2) is 5.78 Å². The number of likely N-dealkylation sites (N-methyl/N-ethyl adjacent to an activating group) is 1. The average molecular weight is 598 g/mol. The van der Waals surface area contributed by atoms with Crippen LogP contribution in [0.5, 0.6) is 0 Å². The van der Waals surface area contributed by atoms with Crippen LogP contribution < -0.4 is 4.90 Å². The summed E-state index contributed by atoms with van der Waals surface area (Å²) in [6, 6.07) is 32.1. The predicted molar refractivity (Wildman–Crippen MR) is 178 cm³/mol. The molecule has 0 spiro atoms. The number of benzene rings is 4. The first-order valence-electron chi connectivity index (χ1n) is 14.8. The zero-order valence-electron chi connectivity index (χ0n) is 24.9. The fraction of sp³-hybridized carbons (Fsp3) is 0.278. The molecule has 1 fully saturated rings. The predicted octanol–water partition coefficient (Wildman–Crippen LogP) is 6.76. The summed E-state index contributed by atoms with van der Waals surface area (Å²) in [4.78, 5) is 32.9. The van der Waals surface area contributed by atoms with E-state index in [1.54, 1.807) is 6.07 Å². The molecule has 5 rings (SSSR count). The first-order valence-corrected chi connectivity index (χ1v) is 14.8. The van der Waals surface area contributed by atoms with E-state index < -0.39 is 0 Å². The molecule has 1 atom stereocenters. The molecule has 1 aliphatic heterocycles. The van der Waals surface area contributed by atoms with Gasteiger partial charge in [0.2, 0.25) is 5.91 Å². The molecule has 43 heavy (non-hydrogen) atoms. The van der Waals surface area contributed by atoms with Gasteiger partial charge in [-0.05, 0) is 48.2 Å². The van der Waals surface area contributed by atoms with Crippen molar-refractivity contribution >= 4 is 30.9 Å². The fourth-order valence-electron chi connectivity index (χ4n) is 5.87. The van der Waals surface area contributed by atoms with Crippen LogP contribution in [0.3, 0.4) is 0 Å². The summed E-state index contributed by atoms with van der Waals surface area (Å²) in [5.74, 6) is -0.266. The van der Waals surface area contributed by atoms with E-state index in [-0.39, 0.29) is 43.5 Å². The number of nitrogens with zero attached hydrogens (tertiary/aromatic N) is 3. The van der Waals surface area contributed by atoms with Crippen molar-refractivity contribution in [2.75, 3.05) is 44.2 Å². The SMILES string of the molecule is CCN(CC)C(=O)[C@H](c1ccccc1)N1CCN(c2ccc(CC(=O)c3ccccc3-c3ccccc3)cc2F)CC1.S. The highest BCUT2D eigenvalue weighted by molar-refractivity contribution is 7.59. The molecule has 0 aliphatic carbocycles. The van der Waals surface area contributed by atoms with E-state index in [1.807, 2.05) is 115 Å². The van der Waals surface area contributed by atoms with Crippen LogP contribution in [0.4, 0.5) is 10.1 Å². The molecule has 0 saturated carbocycles. The highest BCUT2D eigenvalue weighted by atomic mass is 32.1. The summed E-state index contributed by atoms with van der Waals surface area (Å²) >= 11 is 0. The van der Waals surface area contributed by atoms with Gasteiger partial charge in [0.25, 0.3) is 0 Å². The molecule has 0 unspecified atom stereocenters. The minimum atomic E-state index is -0.356. The maximum Gasteiger partial charge on any atom is 0.244 e. The molecule has 0 radical (unpaired) electrons. The van der Waals surface area contributed by atoms with Crippen molar-refractivity contribution in [3.05, 3.63) is 126 Å². The molecular weight excluding hydrogens is 557 g/mol. The third-order valence-corrected chi connectivity index (χ3v) is 8.13. The second-order valence-electron chi connectivity index (χ2n) is 10.6. The average Bonchev–Trinajstić information content (AvgIpc) is 3.03. The van der Waals surface area contributed by atoms with Gasteiger partial charge in [0.1, 0.15) is 11.9 Å². The van der Waals surface area contributed by atoms with Gasteiger partial charge in [0.05, 0.1) is 5.69 Å². The van der Waals surface area contributed by atoms with E-state index in [9.17, 15) is 9.59 Å². The number of carbonyl (C=O) groups is 2. The number of piperazine rings is 1. The molecular formula is C36H40FN3O2S. The maximum absolute atomic E-state index is 15.5. The Labute approximate surface area is 261 Å². The summed E-state index contributed by atoms with van der Waals surface area (Å²) in [5.41, 5.74) is 4.66. The Morgan fingerprint density at radius 1 is 0.791 bits per heavy atom. The lowest BCUT2D eigenvalue weighted by Crippen LogP contribution is -2.52.